The average molecular weight is 328 g/mol. The van der Waals surface area contributed by atoms with E-state index >= 15 is 0 Å². The summed E-state index contributed by atoms with van der Waals surface area (Å²) in [6, 6.07) is 7.13. The first-order valence-corrected chi connectivity index (χ1v) is 8.07. The van der Waals surface area contributed by atoms with Crippen LogP contribution in [0.2, 0.25) is 0 Å². The molecule has 7 nitrogen and oxygen atoms in total. The first-order chi connectivity index (χ1) is 11.6. The van der Waals surface area contributed by atoms with Gasteiger partial charge in [-0.15, -0.1) is 0 Å². The van der Waals surface area contributed by atoms with E-state index in [1.165, 1.54) is 10.9 Å². The second-order valence-electron chi connectivity index (χ2n) is 6.09. The number of para-hydroxylation sites is 1. The second-order valence-corrected chi connectivity index (χ2v) is 6.09. The van der Waals surface area contributed by atoms with Crippen LogP contribution in [0.25, 0.3) is 10.9 Å². The Labute approximate surface area is 139 Å². The van der Waals surface area contributed by atoms with Gasteiger partial charge in [-0.1, -0.05) is 12.1 Å². The maximum atomic E-state index is 12.4. The number of fused-ring (bicyclic) bond motifs is 1. The number of carbonyl (C=O) groups is 2. The number of benzene rings is 1. The summed E-state index contributed by atoms with van der Waals surface area (Å²) >= 11 is 0. The Kier molecular flexibility index (Phi) is 4.59. The molecule has 1 aromatic heterocycles. The second kappa shape index (κ2) is 6.82. The smallest absolute Gasteiger partial charge is 0.261 e. The van der Waals surface area contributed by atoms with E-state index in [4.69, 9.17) is 5.73 Å². The number of primary amides is 1. The number of rotatable bonds is 4. The molecule has 0 aliphatic carbocycles. The monoisotopic (exact) mass is 328 g/mol. The Morgan fingerprint density at radius 2 is 2.08 bits per heavy atom. The van der Waals surface area contributed by atoms with E-state index in [0.717, 1.165) is 12.8 Å². The van der Waals surface area contributed by atoms with Gasteiger partial charge in [0.2, 0.25) is 11.8 Å². The highest BCUT2D eigenvalue weighted by Gasteiger charge is 2.26. The van der Waals surface area contributed by atoms with Gasteiger partial charge in [0.1, 0.15) is 0 Å². The number of likely N-dealkylation sites (tertiary alicyclic amines) is 1. The Hall–Kier alpha value is -2.70. The number of hydrogen-bond donors (Lipinski definition) is 1. The number of nitrogens with zero attached hydrogens (tertiary/aromatic N) is 3. The van der Waals surface area contributed by atoms with Gasteiger partial charge in [0.25, 0.3) is 5.56 Å². The fourth-order valence-electron chi connectivity index (χ4n) is 3.08. The van der Waals surface area contributed by atoms with Crippen LogP contribution >= 0.6 is 0 Å². The third-order valence-electron chi connectivity index (χ3n) is 4.47. The van der Waals surface area contributed by atoms with Gasteiger partial charge in [-0.2, -0.15) is 0 Å². The topological polar surface area (TPSA) is 98.3 Å². The summed E-state index contributed by atoms with van der Waals surface area (Å²) in [7, 11) is 0. The number of amides is 2. The Morgan fingerprint density at radius 1 is 1.29 bits per heavy atom. The molecule has 2 N–H and O–H groups in total. The van der Waals surface area contributed by atoms with Gasteiger partial charge in [-0.3, -0.25) is 19.0 Å². The summed E-state index contributed by atoms with van der Waals surface area (Å²) < 4.78 is 1.45. The largest absolute Gasteiger partial charge is 0.369 e. The molecule has 2 amide bonds. The molecule has 1 saturated heterocycles. The van der Waals surface area contributed by atoms with Crippen LogP contribution in [0.4, 0.5) is 0 Å². The third kappa shape index (κ3) is 3.29. The van der Waals surface area contributed by atoms with Crippen LogP contribution in [-0.4, -0.2) is 39.4 Å². The van der Waals surface area contributed by atoms with Crippen molar-refractivity contribution in [3.05, 3.63) is 40.9 Å². The molecular weight excluding hydrogens is 308 g/mol. The molecule has 2 heterocycles. The predicted octanol–water partition coefficient (Wildman–Crippen LogP) is 0.510. The molecule has 1 fully saturated rings. The maximum Gasteiger partial charge on any atom is 0.261 e. The first-order valence-electron chi connectivity index (χ1n) is 8.07. The number of aromatic nitrogens is 2. The zero-order valence-corrected chi connectivity index (χ0v) is 13.4. The molecule has 2 aromatic rings. The molecular formula is C17H20N4O3. The highest BCUT2D eigenvalue weighted by Crippen LogP contribution is 2.17. The van der Waals surface area contributed by atoms with Crippen LogP contribution < -0.4 is 11.3 Å². The van der Waals surface area contributed by atoms with E-state index in [1.807, 2.05) is 6.07 Å². The van der Waals surface area contributed by atoms with Crippen molar-refractivity contribution in [2.24, 2.45) is 11.7 Å². The molecule has 3 rings (SSSR count). The van der Waals surface area contributed by atoms with E-state index in [0.29, 0.717) is 24.0 Å². The van der Waals surface area contributed by atoms with Crippen molar-refractivity contribution < 1.29 is 9.59 Å². The average Bonchev–Trinajstić information content (AvgIpc) is 2.61. The molecule has 126 valence electrons. The number of carbonyl (C=O) groups excluding carboxylic acids is 2. The highest BCUT2D eigenvalue weighted by molar-refractivity contribution is 5.80. The Balaban J connectivity index is 1.67. The van der Waals surface area contributed by atoms with Crippen LogP contribution in [0.15, 0.2) is 35.4 Å². The molecule has 1 aliphatic heterocycles. The molecule has 1 aromatic carbocycles. The third-order valence-corrected chi connectivity index (χ3v) is 4.47. The van der Waals surface area contributed by atoms with Crippen molar-refractivity contribution in [3.63, 3.8) is 0 Å². The summed E-state index contributed by atoms with van der Waals surface area (Å²) in [4.78, 5) is 42.0. The van der Waals surface area contributed by atoms with E-state index < -0.39 is 0 Å². The van der Waals surface area contributed by atoms with Gasteiger partial charge in [0.05, 0.1) is 23.1 Å². The standard InChI is InChI=1S/C17H20N4O3/c18-16(23)12-4-3-8-20(10-12)15(22)7-9-21-11-19-14-6-2-1-5-13(14)17(21)24/h1-2,5-6,11-12H,3-4,7-10H2,(H2,18,23). The van der Waals surface area contributed by atoms with Crippen molar-refractivity contribution in [1.29, 1.82) is 0 Å². The van der Waals surface area contributed by atoms with E-state index in [1.54, 1.807) is 23.1 Å². The van der Waals surface area contributed by atoms with Crippen LogP contribution in [0.1, 0.15) is 19.3 Å². The number of nitrogens with two attached hydrogens (primary N) is 1. The number of hydrogen-bond acceptors (Lipinski definition) is 4. The first kappa shape index (κ1) is 16.2. The van der Waals surface area contributed by atoms with Gasteiger partial charge in [0.15, 0.2) is 0 Å². The van der Waals surface area contributed by atoms with Crippen molar-refractivity contribution in [2.45, 2.75) is 25.8 Å². The molecule has 24 heavy (non-hydrogen) atoms. The minimum Gasteiger partial charge on any atom is -0.369 e. The molecule has 0 saturated carbocycles. The normalized spacial score (nSPS) is 17.8. The Morgan fingerprint density at radius 3 is 2.88 bits per heavy atom. The lowest BCUT2D eigenvalue weighted by Crippen LogP contribution is -2.44. The van der Waals surface area contributed by atoms with E-state index in [9.17, 15) is 14.4 Å². The molecule has 1 atom stereocenters. The minimum atomic E-state index is -0.359. The molecule has 0 radical (unpaired) electrons. The van der Waals surface area contributed by atoms with Gasteiger partial charge < -0.3 is 10.6 Å². The van der Waals surface area contributed by atoms with Gasteiger partial charge >= 0.3 is 0 Å². The predicted molar refractivity (Wildman–Crippen MR) is 89.1 cm³/mol. The lowest BCUT2D eigenvalue weighted by Gasteiger charge is -2.31. The van der Waals surface area contributed by atoms with Gasteiger partial charge in [-0.05, 0) is 25.0 Å². The maximum absolute atomic E-state index is 12.4. The van der Waals surface area contributed by atoms with Crippen molar-refractivity contribution >= 4 is 22.7 Å². The summed E-state index contributed by atoms with van der Waals surface area (Å²) in [5.74, 6) is -0.698. The summed E-state index contributed by atoms with van der Waals surface area (Å²) in [6.07, 6.45) is 3.18. The van der Waals surface area contributed by atoms with E-state index in [2.05, 4.69) is 4.98 Å². The molecule has 1 unspecified atom stereocenters. The zero-order valence-electron chi connectivity index (χ0n) is 13.4. The summed E-state index contributed by atoms with van der Waals surface area (Å²) in [6.45, 7) is 1.28. The van der Waals surface area contributed by atoms with Crippen LogP contribution in [-0.2, 0) is 16.1 Å². The number of aryl methyl sites for hydroxylation is 1. The van der Waals surface area contributed by atoms with Crippen molar-refractivity contribution in [2.75, 3.05) is 13.1 Å². The molecule has 0 bridgehead atoms. The Bertz CT molecular complexity index is 830. The number of piperidine rings is 1. The fraction of sp³-hybridized carbons (Fsp3) is 0.412. The molecule has 7 heteroatoms. The van der Waals surface area contributed by atoms with Crippen LogP contribution in [0.3, 0.4) is 0 Å². The van der Waals surface area contributed by atoms with Gasteiger partial charge in [0, 0.05) is 26.1 Å². The van der Waals surface area contributed by atoms with E-state index in [-0.39, 0.29) is 36.3 Å². The van der Waals surface area contributed by atoms with Crippen molar-refractivity contribution in [3.8, 4) is 0 Å². The summed E-state index contributed by atoms with van der Waals surface area (Å²) in [5, 5.41) is 0.541. The lowest BCUT2D eigenvalue weighted by atomic mass is 9.97. The SMILES string of the molecule is NC(=O)C1CCCN(C(=O)CCn2cnc3ccccc3c2=O)C1. The minimum absolute atomic E-state index is 0.0685. The lowest BCUT2D eigenvalue weighted by molar-refractivity contribution is -0.135. The van der Waals surface area contributed by atoms with Crippen LogP contribution in [0, 0.1) is 5.92 Å². The highest BCUT2D eigenvalue weighted by atomic mass is 16.2. The van der Waals surface area contributed by atoms with Crippen molar-refractivity contribution in [1.82, 2.24) is 14.5 Å². The fourth-order valence-corrected chi connectivity index (χ4v) is 3.08. The summed E-state index contributed by atoms with van der Waals surface area (Å²) in [5.41, 5.74) is 5.83. The quantitative estimate of drug-likeness (QED) is 0.884. The van der Waals surface area contributed by atoms with Crippen LogP contribution in [0.5, 0.6) is 0 Å². The molecule has 0 spiro atoms. The van der Waals surface area contributed by atoms with Gasteiger partial charge in [-0.25, -0.2) is 4.98 Å². The molecule has 1 aliphatic rings. The zero-order chi connectivity index (χ0) is 17.1.